The number of rotatable bonds is 3. The highest BCUT2D eigenvalue weighted by Crippen LogP contribution is 2.36. The molecule has 2 nitrogen and oxygen atoms in total. The number of benzene rings is 2. The lowest BCUT2D eigenvalue weighted by Gasteiger charge is -2.29. The van der Waals surface area contributed by atoms with Crippen molar-refractivity contribution in [2.45, 2.75) is 31.8 Å². The van der Waals surface area contributed by atoms with E-state index < -0.39 is 0 Å². The van der Waals surface area contributed by atoms with E-state index in [-0.39, 0.29) is 12.0 Å². The number of aryl methyl sites for hydroxylation is 1. The molecule has 0 bridgehead atoms. The molecule has 20 heavy (non-hydrogen) atoms. The first-order valence-corrected chi connectivity index (χ1v) is 7.19. The van der Waals surface area contributed by atoms with Gasteiger partial charge >= 0.3 is 0 Å². The van der Waals surface area contributed by atoms with E-state index in [9.17, 15) is 5.11 Å². The Morgan fingerprint density at radius 1 is 1.15 bits per heavy atom. The highest BCUT2D eigenvalue weighted by Gasteiger charge is 2.27. The van der Waals surface area contributed by atoms with Crippen LogP contribution in [0.5, 0.6) is 5.75 Å². The first-order valence-electron chi connectivity index (χ1n) is 7.19. The fraction of sp³-hybridized carbons (Fsp3) is 0.333. The number of fused-ring (bicyclic) bond motifs is 1. The second-order valence-electron chi connectivity index (χ2n) is 5.54. The van der Waals surface area contributed by atoms with Crippen LogP contribution in [0.4, 0.5) is 0 Å². The van der Waals surface area contributed by atoms with Gasteiger partial charge < -0.3 is 9.84 Å². The van der Waals surface area contributed by atoms with Crippen molar-refractivity contribution in [2.24, 2.45) is 0 Å². The van der Waals surface area contributed by atoms with Crippen LogP contribution >= 0.6 is 0 Å². The van der Waals surface area contributed by atoms with E-state index in [0.29, 0.717) is 13.0 Å². The van der Waals surface area contributed by atoms with Crippen LogP contribution in [0.15, 0.2) is 48.5 Å². The summed E-state index contributed by atoms with van der Waals surface area (Å²) >= 11 is 0. The van der Waals surface area contributed by atoms with Crippen LogP contribution in [0.2, 0.25) is 0 Å². The monoisotopic (exact) mass is 268 g/mol. The molecule has 0 fully saturated rings. The molecule has 0 aromatic heterocycles. The van der Waals surface area contributed by atoms with E-state index in [1.165, 1.54) is 11.1 Å². The van der Waals surface area contributed by atoms with Crippen LogP contribution in [-0.2, 0) is 6.42 Å². The minimum Gasteiger partial charge on any atom is -0.493 e. The quantitative estimate of drug-likeness (QED) is 0.923. The molecule has 1 heterocycles. The highest BCUT2D eigenvalue weighted by molar-refractivity contribution is 5.38. The van der Waals surface area contributed by atoms with E-state index in [0.717, 1.165) is 17.7 Å². The molecule has 104 valence electrons. The molecule has 0 radical (unpaired) electrons. The Kier molecular flexibility index (Phi) is 3.75. The standard InChI is InChI=1S/C18H20O2/c1-13-6-8-14(9-7-13)12-17(19)15-10-11-20-18-5-3-2-4-16(15)18/h2-9,15,17,19H,10-12H2,1H3. The summed E-state index contributed by atoms with van der Waals surface area (Å²) in [5.74, 6) is 1.09. The Balaban J connectivity index is 1.78. The minimum atomic E-state index is -0.359. The van der Waals surface area contributed by atoms with Crippen LogP contribution in [0.1, 0.15) is 29.0 Å². The average molecular weight is 268 g/mol. The van der Waals surface area contributed by atoms with Gasteiger partial charge in [-0.3, -0.25) is 0 Å². The molecule has 0 aliphatic carbocycles. The van der Waals surface area contributed by atoms with Gasteiger partial charge in [-0.05, 0) is 37.0 Å². The molecule has 0 saturated carbocycles. The van der Waals surface area contributed by atoms with Crippen molar-refractivity contribution in [3.63, 3.8) is 0 Å². The van der Waals surface area contributed by atoms with Gasteiger partial charge in [-0.2, -0.15) is 0 Å². The van der Waals surface area contributed by atoms with Gasteiger partial charge in [0.05, 0.1) is 12.7 Å². The van der Waals surface area contributed by atoms with Crippen molar-refractivity contribution in [2.75, 3.05) is 6.61 Å². The van der Waals surface area contributed by atoms with E-state index in [2.05, 4.69) is 37.3 Å². The first kappa shape index (κ1) is 13.2. The molecule has 2 unspecified atom stereocenters. The van der Waals surface area contributed by atoms with Gasteiger partial charge in [0.15, 0.2) is 0 Å². The number of ether oxygens (including phenoxy) is 1. The zero-order valence-electron chi connectivity index (χ0n) is 11.8. The maximum Gasteiger partial charge on any atom is 0.122 e. The largest absolute Gasteiger partial charge is 0.493 e. The molecule has 1 aliphatic rings. The molecular weight excluding hydrogens is 248 g/mol. The zero-order chi connectivity index (χ0) is 13.9. The summed E-state index contributed by atoms with van der Waals surface area (Å²) in [5, 5.41) is 10.6. The molecule has 1 aliphatic heterocycles. The van der Waals surface area contributed by atoms with Crippen LogP contribution in [0, 0.1) is 6.92 Å². The molecular formula is C18H20O2. The molecule has 1 N–H and O–H groups in total. The van der Waals surface area contributed by atoms with Gasteiger partial charge in [-0.15, -0.1) is 0 Å². The third kappa shape index (κ3) is 2.70. The van der Waals surface area contributed by atoms with Crippen LogP contribution in [0.3, 0.4) is 0 Å². The fourth-order valence-electron chi connectivity index (χ4n) is 2.88. The summed E-state index contributed by atoms with van der Waals surface area (Å²) in [6.07, 6.45) is 1.21. The molecule has 2 heteroatoms. The van der Waals surface area contributed by atoms with E-state index in [1.54, 1.807) is 0 Å². The average Bonchev–Trinajstić information content (AvgIpc) is 2.49. The van der Waals surface area contributed by atoms with E-state index in [4.69, 9.17) is 4.74 Å². The van der Waals surface area contributed by atoms with Crippen LogP contribution in [-0.4, -0.2) is 17.8 Å². The second-order valence-corrected chi connectivity index (χ2v) is 5.54. The summed E-state index contributed by atoms with van der Waals surface area (Å²) in [5.41, 5.74) is 3.57. The van der Waals surface area contributed by atoms with Crippen LogP contribution < -0.4 is 4.74 Å². The predicted octanol–water partition coefficient (Wildman–Crippen LogP) is 3.46. The Morgan fingerprint density at radius 3 is 2.70 bits per heavy atom. The van der Waals surface area contributed by atoms with Gasteiger partial charge in [-0.1, -0.05) is 48.0 Å². The SMILES string of the molecule is Cc1ccc(CC(O)C2CCOc3ccccc32)cc1. The molecule has 2 aromatic carbocycles. The molecule has 0 spiro atoms. The van der Waals surface area contributed by atoms with Gasteiger partial charge in [0.2, 0.25) is 0 Å². The summed E-state index contributed by atoms with van der Waals surface area (Å²) in [6.45, 7) is 2.77. The van der Waals surface area contributed by atoms with Crippen LogP contribution in [0.25, 0.3) is 0 Å². The molecule has 0 amide bonds. The third-order valence-corrected chi connectivity index (χ3v) is 4.03. The Bertz CT molecular complexity index is 574. The van der Waals surface area contributed by atoms with Crippen molar-refractivity contribution < 1.29 is 9.84 Å². The van der Waals surface area contributed by atoms with E-state index >= 15 is 0 Å². The molecule has 2 aromatic rings. The maximum absolute atomic E-state index is 10.6. The van der Waals surface area contributed by atoms with Crippen molar-refractivity contribution >= 4 is 0 Å². The zero-order valence-corrected chi connectivity index (χ0v) is 11.8. The van der Waals surface area contributed by atoms with Gasteiger partial charge in [0, 0.05) is 5.92 Å². The number of aliphatic hydroxyl groups is 1. The lowest BCUT2D eigenvalue weighted by molar-refractivity contribution is 0.116. The topological polar surface area (TPSA) is 29.5 Å². The van der Waals surface area contributed by atoms with Crippen molar-refractivity contribution in [3.8, 4) is 5.75 Å². The number of para-hydroxylation sites is 1. The summed E-state index contributed by atoms with van der Waals surface area (Å²) in [7, 11) is 0. The number of hydrogen-bond donors (Lipinski definition) is 1. The maximum atomic E-state index is 10.6. The minimum absolute atomic E-state index is 0.168. The normalized spacial score (nSPS) is 19.0. The van der Waals surface area contributed by atoms with Crippen molar-refractivity contribution in [1.82, 2.24) is 0 Å². The van der Waals surface area contributed by atoms with E-state index in [1.807, 2.05) is 18.2 Å². The predicted molar refractivity (Wildman–Crippen MR) is 80.2 cm³/mol. The molecule has 3 rings (SSSR count). The number of aliphatic hydroxyl groups excluding tert-OH is 1. The Labute approximate surface area is 120 Å². The lowest BCUT2D eigenvalue weighted by Crippen LogP contribution is -2.26. The molecule has 0 saturated heterocycles. The van der Waals surface area contributed by atoms with Gasteiger partial charge in [-0.25, -0.2) is 0 Å². The highest BCUT2D eigenvalue weighted by atomic mass is 16.5. The van der Waals surface area contributed by atoms with Crippen molar-refractivity contribution in [3.05, 3.63) is 65.2 Å². The smallest absolute Gasteiger partial charge is 0.122 e. The fourth-order valence-corrected chi connectivity index (χ4v) is 2.88. The Morgan fingerprint density at radius 2 is 1.90 bits per heavy atom. The Hall–Kier alpha value is -1.80. The van der Waals surface area contributed by atoms with Gasteiger partial charge in [0.25, 0.3) is 0 Å². The first-order chi connectivity index (χ1) is 9.74. The number of hydrogen-bond acceptors (Lipinski definition) is 2. The van der Waals surface area contributed by atoms with Crippen molar-refractivity contribution in [1.29, 1.82) is 0 Å². The lowest BCUT2D eigenvalue weighted by atomic mass is 9.85. The summed E-state index contributed by atoms with van der Waals surface area (Å²) < 4.78 is 5.66. The van der Waals surface area contributed by atoms with Gasteiger partial charge in [0.1, 0.15) is 5.75 Å². The second kappa shape index (κ2) is 5.68. The third-order valence-electron chi connectivity index (χ3n) is 4.03. The summed E-state index contributed by atoms with van der Waals surface area (Å²) in [4.78, 5) is 0. The summed E-state index contributed by atoms with van der Waals surface area (Å²) in [6, 6.07) is 16.4. The molecule has 2 atom stereocenters.